The summed E-state index contributed by atoms with van der Waals surface area (Å²) in [5.74, 6) is 0.934. The highest BCUT2D eigenvalue weighted by atomic mass is 16.5. The minimum atomic E-state index is 0.886. The average Bonchev–Trinajstić information content (AvgIpc) is 2.28. The lowest BCUT2D eigenvalue weighted by atomic mass is 9.92. The third-order valence-electron chi connectivity index (χ3n) is 2.62. The van der Waals surface area contributed by atoms with Gasteiger partial charge in [0.2, 0.25) is 0 Å². The third kappa shape index (κ3) is 1.86. The molecule has 0 saturated carbocycles. The molecule has 0 saturated heterocycles. The van der Waals surface area contributed by atoms with Crippen molar-refractivity contribution in [2.24, 2.45) is 5.16 Å². The fourth-order valence-corrected chi connectivity index (χ4v) is 1.89. The van der Waals surface area contributed by atoms with Crippen LogP contribution in [0.1, 0.15) is 17.5 Å². The molecule has 3 nitrogen and oxygen atoms in total. The van der Waals surface area contributed by atoms with Crippen molar-refractivity contribution < 1.29 is 9.94 Å². The van der Waals surface area contributed by atoms with Gasteiger partial charge in [-0.15, -0.1) is 0 Å². The van der Waals surface area contributed by atoms with Crippen LogP contribution in [0.25, 0.3) is 6.08 Å². The van der Waals surface area contributed by atoms with E-state index in [-0.39, 0.29) is 0 Å². The van der Waals surface area contributed by atoms with E-state index in [0.29, 0.717) is 0 Å². The number of ether oxygens (including phenoxy) is 1. The molecule has 0 spiro atoms. The molecule has 1 aromatic rings. The zero-order chi connectivity index (χ0) is 10.7. The van der Waals surface area contributed by atoms with Crippen LogP contribution in [0.15, 0.2) is 28.9 Å². The Morgan fingerprint density at radius 1 is 1.40 bits per heavy atom. The summed E-state index contributed by atoms with van der Waals surface area (Å²) in [5.41, 5.74) is 3.42. The molecule has 0 atom stereocenters. The number of hydrogen-bond acceptors (Lipinski definition) is 3. The number of rotatable bonds is 2. The molecule has 1 aliphatic rings. The fraction of sp³-hybridized carbons (Fsp3) is 0.250. The Morgan fingerprint density at radius 2 is 2.27 bits per heavy atom. The van der Waals surface area contributed by atoms with Crippen molar-refractivity contribution in [2.75, 3.05) is 7.11 Å². The largest absolute Gasteiger partial charge is 0.496 e. The SMILES string of the molecule is COc1cccc2c1CCC(/C=N/O)=C2. The number of allylic oxidation sites excluding steroid dienone is 1. The van der Waals surface area contributed by atoms with Gasteiger partial charge in [0, 0.05) is 5.56 Å². The van der Waals surface area contributed by atoms with E-state index >= 15 is 0 Å². The fourth-order valence-electron chi connectivity index (χ4n) is 1.89. The zero-order valence-electron chi connectivity index (χ0n) is 8.60. The molecule has 0 heterocycles. The second-order valence-electron chi connectivity index (χ2n) is 3.49. The summed E-state index contributed by atoms with van der Waals surface area (Å²) in [7, 11) is 1.68. The second kappa shape index (κ2) is 4.17. The Kier molecular flexibility index (Phi) is 2.72. The zero-order valence-corrected chi connectivity index (χ0v) is 8.60. The van der Waals surface area contributed by atoms with E-state index < -0.39 is 0 Å². The van der Waals surface area contributed by atoms with Gasteiger partial charge >= 0.3 is 0 Å². The number of methoxy groups -OCH3 is 1. The quantitative estimate of drug-likeness (QED) is 0.456. The smallest absolute Gasteiger partial charge is 0.122 e. The molecule has 2 rings (SSSR count). The molecule has 3 heteroatoms. The van der Waals surface area contributed by atoms with Crippen LogP contribution in [-0.4, -0.2) is 18.5 Å². The van der Waals surface area contributed by atoms with Gasteiger partial charge in [-0.3, -0.25) is 0 Å². The maximum absolute atomic E-state index is 8.47. The standard InChI is InChI=1S/C12H13NO2/c1-15-12-4-2-3-10-7-9(8-13-14)5-6-11(10)12/h2-4,7-8,14H,5-6H2,1H3/b13-8+. The van der Waals surface area contributed by atoms with Gasteiger partial charge in [0.1, 0.15) is 5.75 Å². The topological polar surface area (TPSA) is 41.8 Å². The summed E-state index contributed by atoms with van der Waals surface area (Å²) in [5, 5.41) is 11.5. The van der Waals surface area contributed by atoms with E-state index in [4.69, 9.17) is 9.94 Å². The van der Waals surface area contributed by atoms with Gasteiger partial charge in [0.15, 0.2) is 0 Å². The van der Waals surface area contributed by atoms with Crippen molar-refractivity contribution >= 4 is 12.3 Å². The molecule has 15 heavy (non-hydrogen) atoms. The predicted molar refractivity (Wildman–Crippen MR) is 59.6 cm³/mol. The number of nitrogens with zero attached hydrogens (tertiary/aromatic N) is 1. The molecule has 0 fully saturated rings. The van der Waals surface area contributed by atoms with Crippen LogP contribution >= 0.6 is 0 Å². The van der Waals surface area contributed by atoms with Crippen LogP contribution < -0.4 is 4.74 Å². The summed E-state index contributed by atoms with van der Waals surface area (Å²) in [6, 6.07) is 5.98. The Balaban J connectivity index is 2.43. The van der Waals surface area contributed by atoms with Gasteiger partial charge in [-0.05, 0) is 36.1 Å². The Labute approximate surface area is 88.7 Å². The summed E-state index contributed by atoms with van der Waals surface area (Å²) < 4.78 is 5.30. The Bertz CT molecular complexity index is 422. The molecular formula is C12H13NO2. The van der Waals surface area contributed by atoms with Crippen molar-refractivity contribution in [1.82, 2.24) is 0 Å². The molecule has 78 valence electrons. The van der Waals surface area contributed by atoms with Crippen LogP contribution in [0.3, 0.4) is 0 Å². The predicted octanol–water partition coefficient (Wildman–Crippen LogP) is 2.48. The number of hydrogen-bond donors (Lipinski definition) is 1. The number of fused-ring (bicyclic) bond motifs is 1. The van der Waals surface area contributed by atoms with Crippen LogP contribution in [0.4, 0.5) is 0 Å². The molecule has 0 amide bonds. The van der Waals surface area contributed by atoms with Gasteiger partial charge in [0.05, 0.1) is 13.3 Å². The highest BCUT2D eigenvalue weighted by Crippen LogP contribution is 2.30. The van der Waals surface area contributed by atoms with E-state index in [1.807, 2.05) is 24.3 Å². The van der Waals surface area contributed by atoms with Gasteiger partial charge < -0.3 is 9.94 Å². The molecule has 1 N–H and O–H groups in total. The van der Waals surface area contributed by atoms with E-state index in [0.717, 1.165) is 29.7 Å². The summed E-state index contributed by atoms with van der Waals surface area (Å²) in [4.78, 5) is 0. The minimum absolute atomic E-state index is 0.886. The van der Waals surface area contributed by atoms with Gasteiger partial charge in [-0.1, -0.05) is 17.3 Å². The summed E-state index contributed by atoms with van der Waals surface area (Å²) >= 11 is 0. The maximum Gasteiger partial charge on any atom is 0.122 e. The van der Waals surface area contributed by atoms with E-state index in [2.05, 4.69) is 5.16 Å². The average molecular weight is 203 g/mol. The van der Waals surface area contributed by atoms with Gasteiger partial charge in [-0.25, -0.2) is 0 Å². The molecule has 0 radical (unpaired) electrons. The van der Waals surface area contributed by atoms with Crippen LogP contribution in [0, 0.1) is 0 Å². The van der Waals surface area contributed by atoms with Crippen molar-refractivity contribution in [3.63, 3.8) is 0 Å². The third-order valence-corrected chi connectivity index (χ3v) is 2.62. The Hall–Kier alpha value is -1.77. The van der Waals surface area contributed by atoms with Gasteiger partial charge in [0.25, 0.3) is 0 Å². The molecule has 0 aromatic heterocycles. The first kappa shape index (κ1) is 9.77. The number of benzene rings is 1. The second-order valence-corrected chi connectivity index (χ2v) is 3.49. The normalized spacial score (nSPS) is 14.9. The number of oxime groups is 1. The first-order valence-corrected chi connectivity index (χ1v) is 4.89. The highest BCUT2D eigenvalue weighted by molar-refractivity contribution is 5.87. The first-order valence-electron chi connectivity index (χ1n) is 4.89. The molecule has 1 aliphatic carbocycles. The van der Waals surface area contributed by atoms with Crippen molar-refractivity contribution in [3.8, 4) is 5.75 Å². The monoisotopic (exact) mass is 203 g/mol. The van der Waals surface area contributed by atoms with Crippen LogP contribution in [-0.2, 0) is 6.42 Å². The van der Waals surface area contributed by atoms with Crippen molar-refractivity contribution in [3.05, 3.63) is 34.9 Å². The lowest BCUT2D eigenvalue weighted by molar-refractivity contribution is 0.321. The lowest BCUT2D eigenvalue weighted by Gasteiger charge is -2.16. The van der Waals surface area contributed by atoms with Crippen molar-refractivity contribution in [2.45, 2.75) is 12.8 Å². The lowest BCUT2D eigenvalue weighted by Crippen LogP contribution is -2.02. The summed E-state index contributed by atoms with van der Waals surface area (Å²) in [6.07, 6.45) is 5.33. The van der Waals surface area contributed by atoms with Gasteiger partial charge in [-0.2, -0.15) is 0 Å². The molecular weight excluding hydrogens is 190 g/mol. The molecule has 0 aliphatic heterocycles. The van der Waals surface area contributed by atoms with E-state index in [9.17, 15) is 0 Å². The minimum Gasteiger partial charge on any atom is -0.496 e. The first-order chi connectivity index (χ1) is 7.35. The van der Waals surface area contributed by atoms with Crippen LogP contribution in [0.2, 0.25) is 0 Å². The van der Waals surface area contributed by atoms with Crippen LogP contribution in [0.5, 0.6) is 5.75 Å². The highest BCUT2D eigenvalue weighted by Gasteiger charge is 2.13. The van der Waals surface area contributed by atoms with Crippen molar-refractivity contribution in [1.29, 1.82) is 0 Å². The maximum atomic E-state index is 8.47. The van der Waals surface area contributed by atoms with E-state index in [1.165, 1.54) is 11.8 Å². The molecule has 1 aromatic carbocycles. The summed E-state index contributed by atoms with van der Waals surface area (Å²) in [6.45, 7) is 0. The molecule has 0 bridgehead atoms. The molecule has 0 unspecified atom stereocenters. The van der Waals surface area contributed by atoms with E-state index in [1.54, 1.807) is 7.11 Å². The Morgan fingerprint density at radius 3 is 3.00 bits per heavy atom.